The Morgan fingerprint density at radius 1 is 0.969 bits per heavy atom. The molecule has 0 N–H and O–H groups in total. The lowest BCUT2D eigenvalue weighted by atomic mass is 10.2. The Bertz CT molecular complexity index is 1210. The van der Waals surface area contributed by atoms with E-state index in [-0.39, 0.29) is 11.5 Å². The number of rotatable bonds is 8. The van der Waals surface area contributed by atoms with Gasteiger partial charge in [0.05, 0.1) is 28.2 Å². The Labute approximate surface area is 188 Å². The maximum Gasteiger partial charge on any atom is 0.318 e. The SMILES string of the molecule is CCOc1cc(C=Nc2ccc(C)c(Cl)c2)ccc1Oc1ccc([N+](=O)[O-])cc1[N+](=O)[O-]. The smallest absolute Gasteiger partial charge is 0.318 e. The summed E-state index contributed by atoms with van der Waals surface area (Å²) in [5.74, 6) is 0.419. The van der Waals surface area contributed by atoms with Crippen molar-refractivity contribution in [3.8, 4) is 17.2 Å². The monoisotopic (exact) mass is 455 g/mol. The second-order valence-corrected chi connectivity index (χ2v) is 7.01. The Hall–Kier alpha value is -3.98. The number of aliphatic imine (C=N–C) groups is 1. The van der Waals surface area contributed by atoms with E-state index in [2.05, 4.69) is 4.99 Å². The van der Waals surface area contributed by atoms with Crippen molar-refractivity contribution in [2.24, 2.45) is 4.99 Å². The highest BCUT2D eigenvalue weighted by molar-refractivity contribution is 6.31. The summed E-state index contributed by atoms with van der Waals surface area (Å²) in [6.07, 6.45) is 1.63. The van der Waals surface area contributed by atoms with E-state index in [0.717, 1.165) is 17.7 Å². The van der Waals surface area contributed by atoms with E-state index in [9.17, 15) is 20.2 Å². The molecule has 0 saturated carbocycles. The van der Waals surface area contributed by atoms with Gasteiger partial charge >= 0.3 is 5.69 Å². The summed E-state index contributed by atoms with van der Waals surface area (Å²) in [5.41, 5.74) is 1.41. The van der Waals surface area contributed by atoms with Crippen LogP contribution in [-0.4, -0.2) is 22.7 Å². The van der Waals surface area contributed by atoms with Crippen LogP contribution in [0.3, 0.4) is 0 Å². The number of hydrogen-bond donors (Lipinski definition) is 0. The predicted molar refractivity (Wildman–Crippen MR) is 121 cm³/mol. The number of nitrogens with zero attached hydrogens (tertiary/aromatic N) is 3. The molecule has 0 aliphatic rings. The van der Waals surface area contributed by atoms with Crippen molar-refractivity contribution in [1.82, 2.24) is 0 Å². The van der Waals surface area contributed by atoms with Crippen LogP contribution < -0.4 is 9.47 Å². The normalized spacial score (nSPS) is 10.8. The molecule has 164 valence electrons. The number of ether oxygens (including phenoxy) is 2. The maximum atomic E-state index is 11.4. The molecule has 0 atom stereocenters. The van der Waals surface area contributed by atoms with E-state index < -0.39 is 21.2 Å². The van der Waals surface area contributed by atoms with E-state index in [1.54, 1.807) is 37.4 Å². The molecule has 9 nitrogen and oxygen atoms in total. The third-order valence-corrected chi connectivity index (χ3v) is 4.76. The standard InChI is InChI=1S/C22H18ClN3O6/c1-3-31-22-10-15(13-24-16-6-4-14(2)18(23)11-16)5-8-21(22)32-20-9-7-17(25(27)28)12-19(20)26(29)30/h4-13H,3H2,1-2H3. The highest BCUT2D eigenvalue weighted by atomic mass is 35.5. The van der Waals surface area contributed by atoms with Gasteiger partial charge in [0.25, 0.3) is 5.69 Å². The molecule has 0 spiro atoms. The molecule has 0 saturated heterocycles. The molecule has 3 aromatic carbocycles. The number of halogens is 1. The summed E-state index contributed by atoms with van der Waals surface area (Å²) in [5, 5.41) is 22.9. The second kappa shape index (κ2) is 9.88. The lowest BCUT2D eigenvalue weighted by Gasteiger charge is -2.12. The second-order valence-electron chi connectivity index (χ2n) is 6.60. The molecule has 0 amide bonds. The van der Waals surface area contributed by atoms with Crippen LogP contribution in [0.4, 0.5) is 17.1 Å². The van der Waals surface area contributed by atoms with Crippen LogP contribution in [0, 0.1) is 27.2 Å². The van der Waals surface area contributed by atoms with E-state index in [0.29, 0.717) is 28.6 Å². The highest BCUT2D eigenvalue weighted by Crippen LogP contribution is 2.38. The first-order valence-corrected chi connectivity index (χ1v) is 9.84. The molecular weight excluding hydrogens is 438 g/mol. The van der Waals surface area contributed by atoms with Crippen LogP contribution in [0.2, 0.25) is 5.02 Å². The number of hydrogen-bond acceptors (Lipinski definition) is 7. The van der Waals surface area contributed by atoms with Gasteiger partial charge in [0, 0.05) is 17.3 Å². The van der Waals surface area contributed by atoms with Gasteiger partial charge in [-0.1, -0.05) is 17.7 Å². The molecule has 0 aromatic heterocycles. The summed E-state index contributed by atoms with van der Waals surface area (Å²) in [7, 11) is 0. The first-order valence-electron chi connectivity index (χ1n) is 9.46. The molecule has 32 heavy (non-hydrogen) atoms. The summed E-state index contributed by atoms with van der Waals surface area (Å²) in [6.45, 7) is 4.01. The van der Waals surface area contributed by atoms with Crippen LogP contribution in [-0.2, 0) is 0 Å². The molecular formula is C22H18ClN3O6. The fourth-order valence-electron chi connectivity index (χ4n) is 2.74. The van der Waals surface area contributed by atoms with Gasteiger partial charge in [-0.3, -0.25) is 25.2 Å². The molecule has 10 heteroatoms. The molecule has 0 fully saturated rings. The van der Waals surface area contributed by atoms with E-state index in [1.807, 2.05) is 19.1 Å². The van der Waals surface area contributed by atoms with Gasteiger partial charge in [0.1, 0.15) is 0 Å². The number of nitro groups is 2. The number of non-ortho nitro benzene ring substituents is 1. The lowest BCUT2D eigenvalue weighted by Crippen LogP contribution is -1.99. The fraction of sp³-hybridized carbons (Fsp3) is 0.136. The summed E-state index contributed by atoms with van der Waals surface area (Å²) >= 11 is 6.13. The summed E-state index contributed by atoms with van der Waals surface area (Å²) in [4.78, 5) is 25.2. The Kier molecular flexibility index (Phi) is 7.01. The molecule has 0 radical (unpaired) electrons. The summed E-state index contributed by atoms with van der Waals surface area (Å²) in [6, 6.07) is 13.6. The predicted octanol–water partition coefficient (Wildman–Crippen LogP) is 6.41. The van der Waals surface area contributed by atoms with Gasteiger partial charge in [0.2, 0.25) is 5.75 Å². The van der Waals surface area contributed by atoms with Crippen LogP contribution in [0.15, 0.2) is 59.6 Å². The van der Waals surface area contributed by atoms with Gasteiger partial charge < -0.3 is 9.47 Å². The third kappa shape index (κ3) is 5.38. The van der Waals surface area contributed by atoms with Crippen LogP contribution in [0.25, 0.3) is 0 Å². The van der Waals surface area contributed by atoms with Crippen molar-refractivity contribution in [3.63, 3.8) is 0 Å². The number of benzene rings is 3. The van der Waals surface area contributed by atoms with Crippen molar-refractivity contribution in [2.45, 2.75) is 13.8 Å². The van der Waals surface area contributed by atoms with Crippen molar-refractivity contribution >= 4 is 34.9 Å². The molecule has 0 unspecified atom stereocenters. The van der Waals surface area contributed by atoms with Gasteiger partial charge in [-0.2, -0.15) is 0 Å². The van der Waals surface area contributed by atoms with E-state index >= 15 is 0 Å². The fourth-order valence-corrected chi connectivity index (χ4v) is 2.91. The maximum absolute atomic E-state index is 11.4. The Morgan fingerprint density at radius 3 is 2.38 bits per heavy atom. The summed E-state index contributed by atoms with van der Waals surface area (Å²) < 4.78 is 11.3. The molecule has 0 bridgehead atoms. The van der Waals surface area contributed by atoms with Crippen molar-refractivity contribution < 1.29 is 19.3 Å². The third-order valence-electron chi connectivity index (χ3n) is 4.36. The van der Waals surface area contributed by atoms with Crippen molar-refractivity contribution in [3.05, 3.63) is 91.0 Å². The van der Waals surface area contributed by atoms with Gasteiger partial charge in [-0.05, 0) is 61.4 Å². The Morgan fingerprint density at radius 2 is 1.72 bits per heavy atom. The topological polar surface area (TPSA) is 117 Å². The van der Waals surface area contributed by atoms with Crippen molar-refractivity contribution in [1.29, 1.82) is 0 Å². The van der Waals surface area contributed by atoms with E-state index in [4.69, 9.17) is 21.1 Å². The average Bonchev–Trinajstić information content (AvgIpc) is 2.76. The van der Waals surface area contributed by atoms with Crippen LogP contribution in [0.5, 0.6) is 17.2 Å². The first-order chi connectivity index (χ1) is 15.3. The molecule has 3 rings (SSSR count). The zero-order chi connectivity index (χ0) is 23.3. The quantitative estimate of drug-likeness (QED) is 0.220. The minimum Gasteiger partial charge on any atom is -0.490 e. The van der Waals surface area contributed by atoms with Crippen LogP contribution >= 0.6 is 11.6 Å². The highest BCUT2D eigenvalue weighted by Gasteiger charge is 2.22. The van der Waals surface area contributed by atoms with Gasteiger partial charge in [0.15, 0.2) is 11.5 Å². The molecule has 3 aromatic rings. The van der Waals surface area contributed by atoms with E-state index in [1.165, 1.54) is 6.07 Å². The van der Waals surface area contributed by atoms with Crippen molar-refractivity contribution in [2.75, 3.05) is 6.61 Å². The zero-order valence-corrected chi connectivity index (χ0v) is 17.9. The lowest BCUT2D eigenvalue weighted by molar-refractivity contribution is -0.394. The van der Waals surface area contributed by atoms with Crippen LogP contribution in [0.1, 0.15) is 18.1 Å². The molecule has 0 aliphatic carbocycles. The average molecular weight is 456 g/mol. The zero-order valence-electron chi connectivity index (χ0n) is 17.1. The number of aryl methyl sites for hydroxylation is 1. The van der Waals surface area contributed by atoms with Gasteiger partial charge in [-0.25, -0.2) is 0 Å². The molecule has 0 aliphatic heterocycles. The largest absolute Gasteiger partial charge is 0.490 e. The minimum atomic E-state index is -0.740. The van der Waals surface area contributed by atoms with Gasteiger partial charge in [-0.15, -0.1) is 0 Å². The number of nitro benzene ring substituents is 2. The molecule has 0 heterocycles. The first kappa shape index (κ1) is 22.7. The minimum absolute atomic E-state index is 0.141. The Balaban J connectivity index is 1.91.